The molecule has 0 saturated heterocycles. The molecule has 3 aromatic rings. The van der Waals surface area contributed by atoms with Crippen molar-refractivity contribution in [2.24, 2.45) is 0 Å². The quantitative estimate of drug-likeness (QED) is 0.757. The van der Waals surface area contributed by atoms with E-state index in [4.69, 9.17) is 5.10 Å². The molecule has 0 unspecified atom stereocenters. The predicted molar refractivity (Wildman–Crippen MR) is 106 cm³/mol. The number of benzene rings is 1. The minimum atomic E-state index is -0.0373. The van der Waals surface area contributed by atoms with Crippen molar-refractivity contribution in [3.63, 3.8) is 0 Å². The van der Waals surface area contributed by atoms with Crippen LogP contribution in [0.3, 0.4) is 0 Å². The SMILES string of the molecule is Cc1cccc(C(=O)NCCn2nc(-c3ccccn3)c3c2CCCC3)c1. The molecule has 4 rings (SSSR count). The lowest BCUT2D eigenvalue weighted by Gasteiger charge is -2.14. The van der Waals surface area contributed by atoms with Crippen molar-refractivity contribution in [2.45, 2.75) is 39.2 Å². The predicted octanol–water partition coefficient (Wildman–Crippen LogP) is 3.56. The Morgan fingerprint density at radius 2 is 2.04 bits per heavy atom. The summed E-state index contributed by atoms with van der Waals surface area (Å²) in [6, 6.07) is 13.6. The minimum absolute atomic E-state index is 0.0373. The van der Waals surface area contributed by atoms with E-state index in [1.54, 1.807) is 0 Å². The Labute approximate surface area is 159 Å². The highest BCUT2D eigenvalue weighted by molar-refractivity contribution is 5.94. The third-order valence-corrected chi connectivity index (χ3v) is 5.05. The summed E-state index contributed by atoms with van der Waals surface area (Å²) in [6.07, 6.45) is 6.29. The minimum Gasteiger partial charge on any atom is -0.350 e. The highest BCUT2D eigenvalue weighted by atomic mass is 16.1. The molecule has 138 valence electrons. The first-order valence-corrected chi connectivity index (χ1v) is 9.57. The number of amides is 1. The van der Waals surface area contributed by atoms with E-state index >= 15 is 0 Å². The molecule has 1 amide bonds. The van der Waals surface area contributed by atoms with E-state index in [9.17, 15) is 4.79 Å². The Hall–Kier alpha value is -2.95. The Morgan fingerprint density at radius 1 is 1.15 bits per heavy atom. The lowest BCUT2D eigenvalue weighted by molar-refractivity contribution is 0.0951. The maximum atomic E-state index is 12.4. The summed E-state index contributed by atoms with van der Waals surface area (Å²) in [7, 11) is 0. The maximum Gasteiger partial charge on any atom is 0.251 e. The number of aromatic nitrogens is 3. The largest absolute Gasteiger partial charge is 0.350 e. The van der Waals surface area contributed by atoms with Crippen molar-refractivity contribution in [1.82, 2.24) is 20.1 Å². The van der Waals surface area contributed by atoms with E-state index in [1.165, 1.54) is 24.1 Å². The van der Waals surface area contributed by atoms with Crippen LogP contribution in [0.15, 0.2) is 48.7 Å². The molecule has 0 saturated carbocycles. The molecule has 0 aliphatic heterocycles. The first kappa shape index (κ1) is 17.5. The number of pyridine rings is 1. The van der Waals surface area contributed by atoms with Crippen molar-refractivity contribution < 1.29 is 4.79 Å². The average Bonchev–Trinajstić information content (AvgIpc) is 3.07. The Balaban J connectivity index is 1.49. The zero-order chi connectivity index (χ0) is 18.6. The second kappa shape index (κ2) is 7.74. The molecule has 5 heteroatoms. The lowest BCUT2D eigenvalue weighted by Crippen LogP contribution is -2.28. The number of aryl methyl sites for hydroxylation is 1. The van der Waals surface area contributed by atoms with Crippen LogP contribution in [0.25, 0.3) is 11.4 Å². The smallest absolute Gasteiger partial charge is 0.251 e. The van der Waals surface area contributed by atoms with Crippen molar-refractivity contribution in [3.8, 4) is 11.4 Å². The number of hydrogen-bond donors (Lipinski definition) is 1. The van der Waals surface area contributed by atoms with Gasteiger partial charge in [-0.15, -0.1) is 0 Å². The topological polar surface area (TPSA) is 59.8 Å². The maximum absolute atomic E-state index is 12.4. The van der Waals surface area contributed by atoms with Gasteiger partial charge in [-0.1, -0.05) is 23.8 Å². The van der Waals surface area contributed by atoms with E-state index in [-0.39, 0.29) is 5.91 Å². The molecule has 27 heavy (non-hydrogen) atoms. The molecule has 0 radical (unpaired) electrons. The first-order chi connectivity index (χ1) is 13.2. The summed E-state index contributed by atoms with van der Waals surface area (Å²) in [5, 5.41) is 7.86. The summed E-state index contributed by atoms with van der Waals surface area (Å²) in [6.45, 7) is 3.22. The number of rotatable bonds is 5. The van der Waals surface area contributed by atoms with Crippen LogP contribution in [0, 0.1) is 6.92 Å². The highest BCUT2D eigenvalue weighted by Crippen LogP contribution is 2.30. The molecular formula is C22H24N4O. The number of fused-ring (bicyclic) bond motifs is 1. The second-order valence-electron chi connectivity index (χ2n) is 7.04. The fraction of sp³-hybridized carbons (Fsp3) is 0.318. The number of nitrogens with one attached hydrogen (secondary N) is 1. The second-order valence-corrected chi connectivity index (χ2v) is 7.04. The van der Waals surface area contributed by atoms with Crippen LogP contribution in [0.2, 0.25) is 0 Å². The van der Waals surface area contributed by atoms with Gasteiger partial charge in [0, 0.05) is 29.6 Å². The van der Waals surface area contributed by atoms with E-state index in [0.29, 0.717) is 18.7 Å². The fourth-order valence-corrected chi connectivity index (χ4v) is 3.73. The zero-order valence-electron chi connectivity index (χ0n) is 15.6. The molecule has 1 aliphatic rings. The van der Waals surface area contributed by atoms with Crippen molar-refractivity contribution in [1.29, 1.82) is 0 Å². The summed E-state index contributed by atoms with van der Waals surface area (Å²) in [5.74, 6) is -0.0373. The first-order valence-electron chi connectivity index (χ1n) is 9.57. The summed E-state index contributed by atoms with van der Waals surface area (Å²) < 4.78 is 2.06. The average molecular weight is 360 g/mol. The van der Waals surface area contributed by atoms with Gasteiger partial charge in [-0.05, 0) is 56.9 Å². The molecule has 5 nitrogen and oxygen atoms in total. The summed E-state index contributed by atoms with van der Waals surface area (Å²) >= 11 is 0. The van der Waals surface area contributed by atoms with Crippen LogP contribution in [-0.2, 0) is 19.4 Å². The summed E-state index contributed by atoms with van der Waals surface area (Å²) in [5.41, 5.74) is 6.33. The zero-order valence-corrected chi connectivity index (χ0v) is 15.6. The molecule has 1 aliphatic carbocycles. The van der Waals surface area contributed by atoms with Gasteiger partial charge in [-0.25, -0.2) is 0 Å². The third kappa shape index (κ3) is 3.77. The van der Waals surface area contributed by atoms with Gasteiger partial charge in [0.05, 0.1) is 12.2 Å². The molecule has 2 aromatic heterocycles. The number of carbonyl (C=O) groups excluding carboxylic acids is 1. The fourth-order valence-electron chi connectivity index (χ4n) is 3.73. The molecule has 0 bridgehead atoms. The van der Waals surface area contributed by atoms with Crippen LogP contribution < -0.4 is 5.32 Å². The monoisotopic (exact) mass is 360 g/mol. The van der Waals surface area contributed by atoms with Gasteiger partial charge in [0.2, 0.25) is 0 Å². The molecule has 2 heterocycles. The number of carbonyl (C=O) groups is 1. The normalized spacial score (nSPS) is 13.2. The Kier molecular flexibility index (Phi) is 5.01. The van der Waals surface area contributed by atoms with Crippen LogP contribution in [0.5, 0.6) is 0 Å². The standard InChI is InChI=1S/C22H24N4O/c1-16-7-6-8-17(15-16)22(27)24-13-14-26-20-11-3-2-9-18(20)21(25-26)19-10-4-5-12-23-19/h4-8,10,12,15H,2-3,9,11,13-14H2,1H3,(H,24,27). The van der Waals surface area contributed by atoms with Crippen LogP contribution in [0.1, 0.15) is 40.0 Å². The molecular weight excluding hydrogens is 336 g/mol. The van der Waals surface area contributed by atoms with E-state index < -0.39 is 0 Å². The van der Waals surface area contributed by atoms with E-state index in [2.05, 4.69) is 15.0 Å². The third-order valence-electron chi connectivity index (χ3n) is 5.05. The van der Waals surface area contributed by atoms with Crippen molar-refractivity contribution >= 4 is 5.91 Å². The molecule has 0 atom stereocenters. The van der Waals surface area contributed by atoms with Gasteiger partial charge in [-0.2, -0.15) is 5.10 Å². The van der Waals surface area contributed by atoms with Gasteiger partial charge >= 0.3 is 0 Å². The molecule has 0 spiro atoms. The molecule has 1 aromatic carbocycles. The van der Waals surface area contributed by atoms with Gasteiger partial charge < -0.3 is 5.32 Å². The van der Waals surface area contributed by atoms with Gasteiger partial charge in [0.25, 0.3) is 5.91 Å². The Morgan fingerprint density at radius 3 is 2.85 bits per heavy atom. The number of nitrogens with zero attached hydrogens (tertiary/aromatic N) is 3. The van der Waals surface area contributed by atoms with Gasteiger partial charge in [0.15, 0.2) is 0 Å². The molecule has 1 N–H and O–H groups in total. The van der Waals surface area contributed by atoms with E-state index in [0.717, 1.165) is 29.8 Å². The molecule has 0 fully saturated rings. The van der Waals surface area contributed by atoms with Gasteiger partial charge in [-0.3, -0.25) is 14.5 Å². The van der Waals surface area contributed by atoms with E-state index in [1.807, 2.05) is 55.6 Å². The lowest BCUT2D eigenvalue weighted by atomic mass is 9.95. The van der Waals surface area contributed by atoms with Crippen LogP contribution >= 0.6 is 0 Å². The number of hydrogen-bond acceptors (Lipinski definition) is 3. The highest BCUT2D eigenvalue weighted by Gasteiger charge is 2.22. The van der Waals surface area contributed by atoms with Crippen molar-refractivity contribution in [2.75, 3.05) is 6.54 Å². The van der Waals surface area contributed by atoms with Crippen LogP contribution in [-0.4, -0.2) is 27.2 Å². The van der Waals surface area contributed by atoms with Gasteiger partial charge in [0.1, 0.15) is 5.69 Å². The van der Waals surface area contributed by atoms with Crippen LogP contribution in [0.4, 0.5) is 0 Å². The summed E-state index contributed by atoms with van der Waals surface area (Å²) in [4.78, 5) is 16.8. The Bertz CT molecular complexity index is 946. The van der Waals surface area contributed by atoms with Crippen molar-refractivity contribution in [3.05, 3.63) is 71.0 Å².